The number of benzene rings is 2. The predicted octanol–water partition coefficient (Wildman–Crippen LogP) is 5.08. The zero-order valence-corrected chi connectivity index (χ0v) is 14.3. The van der Waals surface area contributed by atoms with Gasteiger partial charge in [0.1, 0.15) is 11.5 Å². The average molecular weight is 368 g/mol. The molecular formula is C17H16BrClO2. The molecule has 0 aromatic heterocycles. The summed E-state index contributed by atoms with van der Waals surface area (Å²) < 4.78 is 11.2. The van der Waals surface area contributed by atoms with Gasteiger partial charge in [0.2, 0.25) is 0 Å². The van der Waals surface area contributed by atoms with Crippen LogP contribution in [0.15, 0.2) is 30.3 Å². The Labute approximate surface area is 138 Å². The number of halogens is 2. The molecule has 0 amide bonds. The Balaban J connectivity index is 2.05. The first-order chi connectivity index (χ1) is 10.1. The van der Waals surface area contributed by atoms with Crippen molar-refractivity contribution in [1.29, 1.82) is 0 Å². The van der Waals surface area contributed by atoms with Gasteiger partial charge < -0.3 is 9.47 Å². The first kappa shape index (κ1) is 14.7. The average Bonchev–Trinajstić information content (AvgIpc) is 2.94. The van der Waals surface area contributed by atoms with Crippen LogP contribution in [0.5, 0.6) is 11.5 Å². The molecule has 0 N–H and O–H groups in total. The SMILES string of the molecule is COc1cc(C(Br)c2cc(Cl)cc3c2OCC3)ccc1C. The molecule has 1 heterocycles. The van der Waals surface area contributed by atoms with Gasteiger partial charge in [-0.3, -0.25) is 0 Å². The van der Waals surface area contributed by atoms with E-state index in [-0.39, 0.29) is 4.83 Å². The Morgan fingerprint density at radius 2 is 2.10 bits per heavy atom. The fraction of sp³-hybridized carbons (Fsp3) is 0.294. The van der Waals surface area contributed by atoms with Gasteiger partial charge in [-0.05, 0) is 41.8 Å². The minimum atomic E-state index is 0.0255. The number of ether oxygens (including phenoxy) is 2. The molecule has 0 saturated heterocycles. The summed E-state index contributed by atoms with van der Waals surface area (Å²) in [5.74, 6) is 1.84. The van der Waals surface area contributed by atoms with E-state index in [1.54, 1.807) is 7.11 Å². The minimum Gasteiger partial charge on any atom is -0.496 e. The van der Waals surface area contributed by atoms with E-state index in [1.807, 2.05) is 19.1 Å². The first-order valence-electron chi connectivity index (χ1n) is 6.84. The number of hydrogen-bond acceptors (Lipinski definition) is 2. The van der Waals surface area contributed by atoms with E-state index in [4.69, 9.17) is 21.1 Å². The number of methoxy groups -OCH3 is 1. The fourth-order valence-electron chi connectivity index (χ4n) is 2.66. The van der Waals surface area contributed by atoms with Gasteiger partial charge in [-0.25, -0.2) is 0 Å². The maximum Gasteiger partial charge on any atom is 0.127 e. The minimum absolute atomic E-state index is 0.0255. The maximum atomic E-state index is 6.24. The molecule has 3 rings (SSSR count). The van der Waals surface area contributed by atoms with E-state index in [0.717, 1.165) is 46.2 Å². The summed E-state index contributed by atoms with van der Waals surface area (Å²) in [4.78, 5) is 0.0255. The van der Waals surface area contributed by atoms with Crippen molar-refractivity contribution in [3.8, 4) is 11.5 Å². The fourth-order valence-corrected chi connectivity index (χ4v) is 3.53. The van der Waals surface area contributed by atoms with Gasteiger partial charge in [0.25, 0.3) is 0 Å². The monoisotopic (exact) mass is 366 g/mol. The topological polar surface area (TPSA) is 18.5 Å². The third kappa shape index (κ3) is 2.77. The van der Waals surface area contributed by atoms with Crippen LogP contribution in [0.3, 0.4) is 0 Å². The van der Waals surface area contributed by atoms with Crippen molar-refractivity contribution in [3.63, 3.8) is 0 Å². The predicted molar refractivity (Wildman–Crippen MR) is 89.2 cm³/mol. The lowest BCUT2D eigenvalue weighted by Crippen LogP contribution is -1.98. The smallest absolute Gasteiger partial charge is 0.127 e. The molecule has 0 spiro atoms. The molecule has 1 aliphatic heterocycles. The van der Waals surface area contributed by atoms with Crippen LogP contribution in [-0.2, 0) is 6.42 Å². The van der Waals surface area contributed by atoms with E-state index in [2.05, 4.69) is 34.1 Å². The lowest BCUT2D eigenvalue weighted by Gasteiger charge is -2.16. The Hall–Kier alpha value is -1.19. The summed E-state index contributed by atoms with van der Waals surface area (Å²) in [6.07, 6.45) is 0.917. The number of fused-ring (bicyclic) bond motifs is 1. The molecule has 0 aliphatic carbocycles. The van der Waals surface area contributed by atoms with Gasteiger partial charge in [0, 0.05) is 17.0 Å². The molecule has 21 heavy (non-hydrogen) atoms. The lowest BCUT2D eigenvalue weighted by atomic mass is 10.00. The zero-order chi connectivity index (χ0) is 15.0. The molecule has 2 aromatic carbocycles. The second-order valence-electron chi connectivity index (χ2n) is 5.17. The number of hydrogen-bond donors (Lipinski definition) is 0. The normalized spacial score (nSPS) is 14.5. The molecule has 110 valence electrons. The highest BCUT2D eigenvalue weighted by Gasteiger charge is 2.23. The van der Waals surface area contributed by atoms with Crippen LogP contribution in [-0.4, -0.2) is 13.7 Å². The van der Waals surface area contributed by atoms with Crippen molar-refractivity contribution in [2.45, 2.75) is 18.2 Å². The van der Waals surface area contributed by atoms with Crippen LogP contribution in [0.25, 0.3) is 0 Å². The summed E-state index contributed by atoms with van der Waals surface area (Å²) >= 11 is 10.0. The van der Waals surface area contributed by atoms with Crippen LogP contribution < -0.4 is 9.47 Å². The molecule has 0 bridgehead atoms. The summed E-state index contributed by atoms with van der Waals surface area (Å²) in [5.41, 5.74) is 4.49. The van der Waals surface area contributed by atoms with Crippen LogP contribution in [0.2, 0.25) is 5.02 Å². The van der Waals surface area contributed by atoms with Crippen molar-refractivity contribution < 1.29 is 9.47 Å². The van der Waals surface area contributed by atoms with Gasteiger partial charge in [0.05, 0.1) is 18.5 Å². The maximum absolute atomic E-state index is 6.24. The van der Waals surface area contributed by atoms with Crippen LogP contribution in [0.1, 0.15) is 27.1 Å². The molecule has 0 fully saturated rings. The van der Waals surface area contributed by atoms with Crippen molar-refractivity contribution in [3.05, 3.63) is 57.6 Å². The van der Waals surface area contributed by atoms with E-state index in [1.165, 1.54) is 5.56 Å². The second-order valence-corrected chi connectivity index (χ2v) is 6.53. The highest BCUT2D eigenvalue weighted by atomic mass is 79.9. The third-order valence-corrected chi connectivity index (χ3v) is 5.02. The van der Waals surface area contributed by atoms with Crippen LogP contribution in [0, 0.1) is 6.92 Å². The molecular weight excluding hydrogens is 352 g/mol. The van der Waals surface area contributed by atoms with E-state index in [9.17, 15) is 0 Å². The van der Waals surface area contributed by atoms with Crippen molar-refractivity contribution in [2.75, 3.05) is 13.7 Å². The van der Waals surface area contributed by atoms with Gasteiger partial charge in [-0.2, -0.15) is 0 Å². The van der Waals surface area contributed by atoms with Gasteiger partial charge in [-0.15, -0.1) is 0 Å². The molecule has 2 aromatic rings. The Bertz CT molecular complexity index is 685. The van der Waals surface area contributed by atoms with Gasteiger partial charge in [0.15, 0.2) is 0 Å². The van der Waals surface area contributed by atoms with E-state index in [0.29, 0.717) is 0 Å². The number of rotatable bonds is 3. The van der Waals surface area contributed by atoms with E-state index >= 15 is 0 Å². The highest BCUT2D eigenvalue weighted by molar-refractivity contribution is 9.09. The molecule has 0 radical (unpaired) electrons. The lowest BCUT2D eigenvalue weighted by molar-refractivity contribution is 0.354. The van der Waals surface area contributed by atoms with E-state index < -0.39 is 0 Å². The standard InChI is InChI=1S/C17H16BrClO2/c1-10-3-4-11(8-15(10)20-2)16(18)14-9-13(19)7-12-5-6-21-17(12)14/h3-4,7-9,16H,5-6H2,1-2H3. The zero-order valence-electron chi connectivity index (χ0n) is 12.0. The largest absolute Gasteiger partial charge is 0.496 e. The summed E-state index contributed by atoms with van der Waals surface area (Å²) in [5, 5.41) is 0.748. The Kier molecular flexibility index (Phi) is 4.14. The second kappa shape index (κ2) is 5.90. The van der Waals surface area contributed by atoms with Crippen LogP contribution in [0.4, 0.5) is 0 Å². The molecule has 2 nitrogen and oxygen atoms in total. The van der Waals surface area contributed by atoms with Gasteiger partial charge >= 0.3 is 0 Å². The number of alkyl halides is 1. The van der Waals surface area contributed by atoms with Crippen LogP contribution >= 0.6 is 27.5 Å². The summed E-state index contributed by atoms with van der Waals surface area (Å²) in [7, 11) is 1.69. The van der Waals surface area contributed by atoms with Gasteiger partial charge in [-0.1, -0.05) is 39.7 Å². The number of aryl methyl sites for hydroxylation is 1. The molecule has 1 aliphatic rings. The van der Waals surface area contributed by atoms with Crippen molar-refractivity contribution >= 4 is 27.5 Å². The quantitative estimate of drug-likeness (QED) is 0.705. The Morgan fingerprint density at radius 3 is 2.86 bits per heavy atom. The molecule has 0 saturated carbocycles. The third-order valence-electron chi connectivity index (χ3n) is 3.77. The van der Waals surface area contributed by atoms with Crippen molar-refractivity contribution in [2.24, 2.45) is 0 Å². The summed E-state index contributed by atoms with van der Waals surface area (Å²) in [6.45, 7) is 2.76. The first-order valence-corrected chi connectivity index (χ1v) is 8.13. The molecule has 1 atom stereocenters. The highest BCUT2D eigenvalue weighted by Crippen LogP contribution is 2.43. The molecule has 4 heteroatoms. The Morgan fingerprint density at radius 1 is 1.29 bits per heavy atom. The summed E-state index contributed by atoms with van der Waals surface area (Å²) in [6, 6.07) is 10.2. The molecule has 1 unspecified atom stereocenters. The van der Waals surface area contributed by atoms with Crippen molar-refractivity contribution in [1.82, 2.24) is 0 Å².